The normalized spacial score (nSPS) is 12.0. The highest BCUT2D eigenvalue weighted by Crippen LogP contribution is 2.38. The second-order valence-corrected chi connectivity index (χ2v) is 4.50. The molecule has 0 aromatic carbocycles. The fourth-order valence-corrected chi connectivity index (χ4v) is 1.72. The summed E-state index contributed by atoms with van der Waals surface area (Å²) in [4.78, 5) is 20.5. The summed E-state index contributed by atoms with van der Waals surface area (Å²) >= 11 is 0. The number of ether oxygens (including phenoxy) is 1. The van der Waals surface area contributed by atoms with Crippen molar-refractivity contribution in [3.05, 3.63) is 36.0 Å². The molecule has 0 spiro atoms. The van der Waals surface area contributed by atoms with Crippen molar-refractivity contribution < 1.29 is 35.9 Å². The van der Waals surface area contributed by atoms with Crippen molar-refractivity contribution in [2.24, 2.45) is 0 Å². The van der Waals surface area contributed by atoms with Crippen LogP contribution in [0.1, 0.15) is 11.4 Å². The van der Waals surface area contributed by atoms with E-state index in [-0.39, 0.29) is 5.56 Å². The Kier molecular flexibility index (Phi) is 4.81. The van der Waals surface area contributed by atoms with Crippen LogP contribution >= 0.6 is 0 Å². The molecule has 0 bridgehead atoms. The minimum Gasteiger partial charge on any atom is -0.391 e. The molecule has 0 unspecified atom stereocenters. The second-order valence-electron chi connectivity index (χ2n) is 4.50. The van der Waals surface area contributed by atoms with E-state index in [0.29, 0.717) is 18.6 Å². The van der Waals surface area contributed by atoms with E-state index in [1.807, 2.05) is 0 Å². The van der Waals surface area contributed by atoms with Crippen molar-refractivity contribution in [1.29, 1.82) is 0 Å². The first-order valence-electron chi connectivity index (χ1n) is 6.39. The number of rotatable bonds is 2. The van der Waals surface area contributed by atoms with Gasteiger partial charge in [0.1, 0.15) is 0 Å². The average Bonchev–Trinajstić information content (AvgIpc) is 2.53. The molecule has 0 saturated heterocycles. The molecule has 0 saturated carbocycles. The zero-order valence-electron chi connectivity index (χ0n) is 12.2. The lowest BCUT2D eigenvalue weighted by molar-refractivity contribution is -0.145. The summed E-state index contributed by atoms with van der Waals surface area (Å²) in [7, 11) is 1.22. The molecule has 6 nitrogen and oxygen atoms in total. The van der Waals surface area contributed by atoms with E-state index in [0.717, 1.165) is 6.07 Å². The number of carbonyl (C=O) groups excluding carboxylic acids is 1. The number of amides is 1. The fourth-order valence-electron chi connectivity index (χ4n) is 1.72. The first-order chi connectivity index (χ1) is 11.5. The minimum atomic E-state index is -4.85. The number of hydrogen-bond donors (Lipinski definition) is 1. The molecule has 0 radical (unpaired) electrons. The number of halogens is 6. The molecule has 2 aromatic heterocycles. The van der Waals surface area contributed by atoms with E-state index in [1.54, 1.807) is 0 Å². The van der Waals surface area contributed by atoms with E-state index in [4.69, 9.17) is 0 Å². The summed E-state index contributed by atoms with van der Waals surface area (Å²) in [6.45, 7) is 0. The molecule has 0 atom stereocenters. The van der Waals surface area contributed by atoms with Gasteiger partial charge in [-0.25, -0.2) is 19.7 Å². The number of alkyl halides is 6. The third kappa shape index (κ3) is 4.33. The van der Waals surface area contributed by atoms with E-state index < -0.39 is 41.3 Å². The Labute approximate surface area is 135 Å². The standard InChI is InChI=1S/C13H8F6N4O2/c1-20-11(24)25-9-2-7(8(5-21-9)12(14,15)16)6-3-22-10(23-4-6)13(17,18)19/h2-5H,1H3,(H,20,24). The first-order valence-corrected chi connectivity index (χ1v) is 6.39. The molecule has 1 amide bonds. The minimum absolute atomic E-state index is 0.357. The Hall–Kier alpha value is -2.92. The number of hydrogen-bond acceptors (Lipinski definition) is 5. The van der Waals surface area contributed by atoms with Crippen molar-refractivity contribution in [3.8, 4) is 17.0 Å². The van der Waals surface area contributed by atoms with Crippen LogP contribution in [0.5, 0.6) is 5.88 Å². The highest BCUT2D eigenvalue weighted by molar-refractivity contribution is 5.72. The third-order valence-corrected chi connectivity index (χ3v) is 2.80. The molecule has 12 heteroatoms. The lowest BCUT2D eigenvalue weighted by Gasteiger charge is -2.14. The molecule has 0 fully saturated rings. The summed E-state index contributed by atoms with van der Waals surface area (Å²) in [6, 6.07) is 0.754. The van der Waals surface area contributed by atoms with Gasteiger partial charge in [0.15, 0.2) is 0 Å². The van der Waals surface area contributed by atoms with Crippen LogP contribution in [0, 0.1) is 0 Å². The van der Waals surface area contributed by atoms with Crippen LogP contribution in [0.2, 0.25) is 0 Å². The predicted molar refractivity (Wildman–Crippen MR) is 70.4 cm³/mol. The highest BCUT2D eigenvalue weighted by Gasteiger charge is 2.36. The lowest BCUT2D eigenvalue weighted by atomic mass is 10.0. The van der Waals surface area contributed by atoms with Gasteiger partial charge in [-0.15, -0.1) is 0 Å². The Morgan fingerprint density at radius 2 is 1.60 bits per heavy atom. The maximum Gasteiger partial charge on any atom is 0.451 e. The molecular formula is C13H8F6N4O2. The molecule has 2 heterocycles. The summed E-state index contributed by atoms with van der Waals surface area (Å²) in [5.74, 6) is -1.98. The van der Waals surface area contributed by atoms with Gasteiger partial charge in [-0.1, -0.05) is 0 Å². The SMILES string of the molecule is CNC(=O)Oc1cc(-c2cnc(C(F)(F)F)nc2)c(C(F)(F)F)cn1. The lowest BCUT2D eigenvalue weighted by Crippen LogP contribution is -2.22. The van der Waals surface area contributed by atoms with Crippen LogP contribution in [0.25, 0.3) is 11.1 Å². The Balaban J connectivity index is 2.52. The summed E-state index contributed by atoms with van der Waals surface area (Å²) in [6.07, 6.45) is -9.10. The second kappa shape index (κ2) is 6.53. The van der Waals surface area contributed by atoms with E-state index >= 15 is 0 Å². The van der Waals surface area contributed by atoms with Gasteiger partial charge in [0.25, 0.3) is 0 Å². The summed E-state index contributed by atoms with van der Waals surface area (Å²) < 4.78 is 81.2. The van der Waals surface area contributed by atoms with Gasteiger partial charge < -0.3 is 10.1 Å². The van der Waals surface area contributed by atoms with Crippen LogP contribution in [-0.4, -0.2) is 28.1 Å². The maximum atomic E-state index is 13.1. The molecular weight excluding hydrogens is 358 g/mol. The third-order valence-electron chi connectivity index (χ3n) is 2.80. The number of carbonyl (C=O) groups is 1. The van der Waals surface area contributed by atoms with E-state index in [9.17, 15) is 31.1 Å². The van der Waals surface area contributed by atoms with Crippen molar-refractivity contribution in [3.63, 3.8) is 0 Å². The number of nitrogens with one attached hydrogen (secondary N) is 1. The van der Waals surface area contributed by atoms with Crippen molar-refractivity contribution in [1.82, 2.24) is 20.3 Å². The summed E-state index contributed by atoms with van der Waals surface area (Å²) in [5, 5.41) is 2.07. The molecule has 134 valence electrons. The zero-order chi connectivity index (χ0) is 18.8. The number of pyridine rings is 1. The average molecular weight is 366 g/mol. The van der Waals surface area contributed by atoms with Gasteiger partial charge in [-0.2, -0.15) is 26.3 Å². The molecule has 0 aliphatic heterocycles. The van der Waals surface area contributed by atoms with Crippen LogP contribution < -0.4 is 10.1 Å². The van der Waals surface area contributed by atoms with Gasteiger partial charge in [0.05, 0.1) is 5.56 Å². The Morgan fingerprint density at radius 3 is 2.08 bits per heavy atom. The molecule has 1 N–H and O–H groups in total. The Bertz CT molecular complexity index is 774. The van der Waals surface area contributed by atoms with Crippen molar-refractivity contribution in [2.75, 3.05) is 7.05 Å². The van der Waals surface area contributed by atoms with Gasteiger partial charge >= 0.3 is 18.4 Å². The van der Waals surface area contributed by atoms with Gasteiger partial charge in [0.2, 0.25) is 11.7 Å². The molecule has 2 aromatic rings. The zero-order valence-corrected chi connectivity index (χ0v) is 12.2. The van der Waals surface area contributed by atoms with Crippen LogP contribution in [0.15, 0.2) is 24.7 Å². The monoisotopic (exact) mass is 366 g/mol. The number of aromatic nitrogens is 3. The van der Waals surface area contributed by atoms with Gasteiger partial charge in [-0.3, -0.25) is 0 Å². The first kappa shape index (κ1) is 18.4. The maximum absolute atomic E-state index is 13.1. The summed E-state index contributed by atoms with van der Waals surface area (Å²) in [5.41, 5.74) is -2.19. The quantitative estimate of drug-likeness (QED) is 0.826. The van der Waals surface area contributed by atoms with Crippen molar-refractivity contribution >= 4 is 6.09 Å². The predicted octanol–water partition coefficient (Wildman–Crippen LogP) is 3.29. The van der Waals surface area contributed by atoms with Crippen LogP contribution in [0.3, 0.4) is 0 Å². The highest BCUT2D eigenvalue weighted by atomic mass is 19.4. The molecule has 25 heavy (non-hydrogen) atoms. The fraction of sp³-hybridized carbons (Fsp3) is 0.231. The number of nitrogens with zero attached hydrogens (tertiary/aromatic N) is 3. The van der Waals surface area contributed by atoms with Gasteiger partial charge in [-0.05, 0) is 0 Å². The van der Waals surface area contributed by atoms with E-state index in [1.165, 1.54) is 7.05 Å². The van der Waals surface area contributed by atoms with Crippen LogP contribution in [0.4, 0.5) is 31.1 Å². The molecule has 0 aliphatic carbocycles. The van der Waals surface area contributed by atoms with Gasteiger partial charge in [0, 0.05) is 42.8 Å². The Morgan fingerprint density at radius 1 is 1.00 bits per heavy atom. The van der Waals surface area contributed by atoms with E-state index in [2.05, 4.69) is 25.0 Å². The molecule has 0 aliphatic rings. The molecule has 2 rings (SSSR count). The topological polar surface area (TPSA) is 77.0 Å². The van der Waals surface area contributed by atoms with Crippen molar-refractivity contribution in [2.45, 2.75) is 12.4 Å². The smallest absolute Gasteiger partial charge is 0.391 e. The van der Waals surface area contributed by atoms with Crippen LogP contribution in [-0.2, 0) is 12.4 Å². The largest absolute Gasteiger partial charge is 0.451 e.